The van der Waals surface area contributed by atoms with Crippen LogP contribution in [0.1, 0.15) is 37.6 Å². The summed E-state index contributed by atoms with van der Waals surface area (Å²) in [5.74, 6) is -0.350. The van der Waals surface area contributed by atoms with Crippen molar-refractivity contribution in [3.05, 3.63) is 17.7 Å². The first kappa shape index (κ1) is 14.7. The molecule has 1 heterocycles. The molecule has 0 aliphatic heterocycles. The molecule has 0 aliphatic carbocycles. The van der Waals surface area contributed by atoms with Crippen molar-refractivity contribution in [3.8, 4) is 0 Å². The summed E-state index contributed by atoms with van der Waals surface area (Å²) in [5.41, 5.74) is 7.27. The number of nitrogens with two attached hydrogens (primary N) is 1. The van der Waals surface area contributed by atoms with E-state index in [1.54, 1.807) is 6.92 Å². The molecule has 1 aromatic rings. The van der Waals surface area contributed by atoms with E-state index in [0.29, 0.717) is 6.42 Å². The van der Waals surface area contributed by atoms with E-state index in [0.717, 1.165) is 25.1 Å². The molecule has 2 N–H and O–H groups in total. The Kier molecular flexibility index (Phi) is 4.90. The number of hydrogen-bond donors (Lipinski definition) is 1. The number of imidazole rings is 1. The molecule has 1 unspecified atom stereocenters. The van der Waals surface area contributed by atoms with Gasteiger partial charge in [0.1, 0.15) is 5.54 Å². The van der Waals surface area contributed by atoms with Crippen LogP contribution in [-0.4, -0.2) is 28.2 Å². The number of ether oxygens (including phenoxy) is 1. The van der Waals surface area contributed by atoms with Crippen LogP contribution in [0.4, 0.5) is 0 Å². The number of esters is 1. The first-order chi connectivity index (χ1) is 8.38. The first-order valence-corrected chi connectivity index (χ1v) is 6.24. The van der Waals surface area contributed by atoms with Crippen molar-refractivity contribution >= 4 is 5.97 Å². The number of hydrogen-bond acceptors (Lipinski definition) is 4. The van der Waals surface area contributed by atoms with Gasteiger partial charge in [-0.2, -0.15) is 0 Å². The van der Waals surface area contributed by atoms with Gasteiger partial charge in [0.2, 0.25) is 0 Å². The molecular weight excluding hydrogens is 230 g/mol. The molecule has 0 aliphatic rings. The average molecular weight is 253 g/mol. The van der Waals surface area contributed by atoms with Crippen molar-refractivity contribution in [2.45, 2.75) is 52.1 Å². The number of unbranched alkanes of at least 4 members (excludes halogenated alkanes) is 1. The number of carbonyl (C=O) groups excluding carboxylic acids is 1. The third-order valence-electron chi connectivity index (χ3n) is 3.34. The average Bonchev–Trinajstić information content (AvgIpc) is 2.65. The lowest BCUT2D eigenvalue weighted by Gasteiger charge is -2.21. The van der Waals surface area contributed by atoms with E-state index in [-0.39, 0.29) is 5.97 Å². The van der Waals surface area contributed by atoms with E-state index in [9.17, 15) is 4.79 Å². The van der Waals surface area contributed by atoms with E-state index in [1.165, 1.54) is 12.8 Å². The molecule has 1 atom stereocenters. The minimum absolute atomic E-state index is 0.350. The SMILES string of the molecule is COC(=O)C(C)(N)CCCCn1cnc(C)c1C. The van der Waals surface area contributed by atoms with Crippen molar-refractivity contribution in [2.24, 2.45) is 5.73 Å². The maximum atomic E-state index is 11.4. The van der Waals surface area contributed by atoms with Gasteiger partial charge < -0.3 is 15.0 Å². The van der Waals surface area contributed by atoms with Gasteiger partial charge in [-0.25, -0.2) is 4.98 Å². The minimum atomic E-state index is -0.880. The number of methoxy groups -OCH3 is 1. The lowest BCUT2D eigenvalue weighted by molar-refractivity contribution is -0.146. The molecule has 0 aromatic carbocycles. The van der Waals surface area contributed by atoms with Gasteiger partial charge in [0.15, 0.2) is 0 Å². The molecular formula is C13H23N3O2. The first-order valence-electron chi connectivity index (χ1n) is 6.24. The van der Waals surface area contributed by atoms with Crippen molar-refractivity contribution in [2.75, 3.05) is 7.11 Å². The maximum Gasteiger partial charge on any atom is 0.325 e. The quantitative estimate of drug-likeness (QED) is 0.617. The lowest BCUT2D eigenvalue weighted by atomic mass is 9.96. The molecule has 5 heteroatoms. The standard InChI is InChI=1S/C13H23N3O2/c1-10-11(2)16(9-15-10)8-6-5-7-13(3,14)12(17)18-4/h9H,5-8,14H2,1-4H3. The highest BCUT2D eigenvalue weighted by Gasteiger charge is 2.28. The largest absolute Gasteiger partial charge is 0.468 e. The predicted octanol–water partition coefficient (Wildman–Crippen LogP) is 1.56. The lowest BCUT2D eigenvalue weighted by Crippen LogP contribution is -2.45. The molecule has 0 bridgehead atoms. The monoisotopic (exact) mass is 253 g/mol. The van der Waals surface area contributed by atoms with E-state index in [4.69, 9.17) is 5.73 Å². The number of aryl methyl sites for hydroxylation is 2. The summed E-state index contributed by atoms with van der Waals surface area (Å²) in [5, 5.41) is 0. The molecule has 0 spiro atoms. The summed E-state index contributed by atoms with van der Waals surface area (Å²) in [6.07, 6.45) is 4.35. The third-order valence-corrected chi connectivity index (χ3v) is 3.34. The van der Waals surface area contributed by atoms with Crippen LogP contribution < -0.4 is 5.73 Å². The van der Waals surface area contributed by atoms with E-state index < -0.39 is 5.54 Å². The molecule has 102 valence electrons. The van der Waals surface area contributed by atoms with Crippen molar-refractivity contribution in [1.29, 1.82) is 0 Å². The Hall–Kier alpha value is -1.36. The Balaban J connectivity index is 2.35. The fraction of sp³-hybridized carbons (Fsp3) is 0.692. The number of rotatable bonds is 6. The van der Waals surface area contributed by atoms with E-state index in [2.05, 4.69) is 21.2 Å². The summed E-state index contributed by atoms with van der Waals surface area (Å²) in [6, 6.07) is 0. The molecule has 0 saturated heterocycles. The topological polar surface area (TPSA) is 70.1 Å². The smallest absolute Gasteiger partial charge is 0.325 e. The van der Waals surface area contributed by atoms with Crippen LogP contribution in [-0.2, 0) is 16.1 Å². The van der Waals surface area contributed by atoms with Crippen molar-refractivity contribution < 1.29 is 9.53 Å². The van der Waals surface area contributed by atoms with Crippen LogP contribution in [0.3, 0.4) is 0 Å². The molecule has 0 amide bonds. The van der Waals surface area contributed by atoms with Crippen molar-refractivity contribution in [3.63, 3.8) is 0 Å². The fourth-order valence-electron chi connectivity index (χ4n) is 1.88. The van der Waals surface area contributed by atoms with Gasteiger partial charge >= 0.3 is 5.97 Å². The normalized spacial score (nSPS) is 14.3. The van der Waals surface area contributed by atoms with Crippen LogP contribution in [0.5, 0.6) is 0 Å². The molecule has 18 heavy (non-hydrogen) atoms. The highest BCUT2D eigenvalue weighted by atomic mass is 16.5. The van der Waals surface area contributed by atoms with E-state index in [1.807, 2.05) is 13.3 Å². The van der Waals surface area contributed by atoms with Gasteiger partial charge in [-0.15, -0.1) is 0 Å². The van der Waals surface area contributed by atoms with Gasteiger partial charge in [-0.05, 0) is 40.0 Å². The Morgan fingerprint density at radius 2 is 2.17 bits per heavy atom. The summed E-state index contributed by atoms with van der Waals surface area (Å²) < 4.78 is 6.80. The molecule has 5 nitrogen and oxygen atoms in total. The summed E-state index contributed by atoms with van der Waals surface area (Å²) in [7, 11) is 1.37. The second-order valence-corrected chi connectivity index (χ2v) is 4.97. The molecule has 0 radical (unpaired) electrons. The van der Waals surface area contributed by atoms with Gasteiger partial charge in [0.25, 0.3) is 0 Å². The second kappa shape index (κ2) is 6.00. The van der Waals surface area contributed by atoms with Crippen LogP contribution in [0.15, 0.2) is 6.33 Å². The Bertz CT molecular complexity index is 410. The molecule has 1 aromatic heterocycles. The Morgan fingerprint density at radius 1 is 1.50 bits per heavy atom. The van der Waals surface area contributed by atoms with Gasteiger partial charge in [0.05, 0.1) is 19.1 Å². The van der Waals surface area contributed by atoms with Crippen molar-refractivity contribution in [1.82, 2.24) is 9.55 Å². The molecule has 1 rings (SSSR count). The number of nitrogens with zero attached hydrogens (tertiary/aromatic N) is 2. The van der Waals surface area contributed by atoms with Gasteiger partial charge in [-0.1, -0.05) is 0 Å². The summed E-state index contributed by atoms with van der Waals surface area (Å²) >= 11 is 0. The number of carbonyl (C=O) groups is 1. The zero-order valence-corrected chi connectivity index (χ0v) is 11.7. The predicted molar refractivity (Wildman–Crippen MR) is 70.2 cm³/mol. The molecule has 0 fully saturated rings. The van der Waals surface area contributed by atoms with Gasteiger partial charge in [0, 0.05) is 12.2 Å². The highest BCUT2D eigenvalue weighted by Crippen LogP contribution is 2.14. The Labute approximate surface area is 108 Å². The second-order valence-electron chi connectivity index (χ2n) is 4.97. The summed E-state index contributed by atoms with van der Waals surface area (Å²) in [4.78, 5) is 15.6. The minimum Gasteiger partial charge on any atom is -0.468 e. The zero-order valence-electron chi connectivity index (χ0n) is 11.7. The third kappa shape index (κ3) is 3.57. The number of aromatic nitrogens is 2. The molecule has 0 saturated carbocycles. The Morgan fingerprint density at radius 3 is 2.67 bits per heavy atom. The van der Waals surface area contributed by atoms with Crippen LogP contribution in [0, 0.1) is 13.8 Å². The summed E-state index contributed by atoms with van der Waals surface area (Å²) in [6.45, 7) is 6.68. The highest BCUT2D eigenvalue weighted by molar-refractivity contribution is 5.79. The van der Waals surface area contributed by atoms with Crippen LogP contribution in [0.2, 0.25) is 0 Å². The maximum absolute atomic E-state index is 11.4. The van der Waals surface area contributed by atoms with E-state index >= 15 is 0 Å². The van der Waals surface area contributed by atoms with Gasteiger partial charge in [-0.3, -0.25) is 4.79 Å². The van der Waals surface area contributed by atoms with Crippen LogP contribution >= 0.6 is 0 Å². The fourth-order valence-corrected chi connectivity index (χ4v) is 1.88. The zero-order chi connectivity index (χ0) is 13.8. The van der Waals surface area contributed by atoms with Crippen LogP contribution in [0.25, 0.3) is 0 Å².